The van der Waals surface area contributed by atoms with Crippen LogP contribution < -0.4 is 0 Å². The van der Waals surface area contributed by atoms with E-state index < -0.39 is 45.0 Å². The Bertz CT molecular complexity index is 3100. The second kappa shape index (κ2) is 39.4. The summed E-state index contributed by atoms with van der Waals surface area (Å²) in [4.78, 5) is 0. The van der Waals surface area contributed by atoms with Gasteiger partial charge in [-0.15, -0.1) is 0 Å². The number of benzene rings is 6. The van der Waals surface area contributed by atoms with Gasteiger partial charge in [-0.05, 0) is 162 Å². The van der Waals surface area contributed by atoms with Gasteiger partial charge in [0.1, 0.15) is 0 Å². The monoisotopic (exact) mass is 1680 g/mol. The van der Waals surface area contributed by atoms with E-state index in [0.29, 0.717) is 65.9 Å². The molecule has 0 unspecified atom stereocenters. The van der Waals surface area contributed by atoms with E-state index in [0.717, 1.165) is 55.3 Å². The van der Waals surface area contributed by atoms with Gasteiger partial charge in [0.15, 0.2) is 0 Å². The summed E-state index contributed by atoms with van der Waals surface area (Å²) in [7, 11) is -11.1. The van der Waals surface area contributed by atoms with Gasteiger partial charge in [-0.25, -0.2) is 14.0 Å². The second-order valence-corrected chi connectivity index (χ2v) is 31.6. The molecule has 6 aromatic carbocycles. The zero-order chi connectivity index (χ0) is 65.0. The SMILES string of the molecule is CCOP(=NCC(COS(C)(=O)=O)(c1cccc(Br)c1)c1cccc(Br)c1)(OCC)OCC.CCOP(=O)(OCC)N1CC(c2cccc(Br)c2)(c2cccc(Br)c2)C1.CCOP(OCC)OCC.OCC(CO)(c1cccc(Br)c1)c1cccc(Br)c1. The number of nitrogens with zero attached hydrogens (tertiary/aromatic N) is 2. The largest absolute Gasteiger partial charge is 0.408 e. The van der Waals surface area contributed by atoms with E-state index in [1.807, 2.05) is 181 Å². The van der Waals surface area contributed by atoms with Crippen molar-refractivity contribution in [3.63, 3.8) is 0 Å². The Morgan fingerprint density at radius 2 is 0.818 bits per heavy atom. The van der Waals surface area contributed by atoms with E-state index in [4.69, 9.17) is 45.1 Å². The fourth-order valence-electron chi connectivity index (χ4n) is 9.24. The van der Waals surface area contributed by atoms with Crippen LogP contribution in [0.2, 0.25) is 0 Å². The highest BCUT2D eigenvalue weighted by Crippen LogP contribution is 2.60. The van der Waals surface area contributed by atoms with Crippen LogP contribution in [0.5, 0.6) is 0 Å². The molecule has 0 spiro atoms. The molecule has 1 fully saturated rings. The third-order valence-electron chi connectivity index (χ3n) is 13.3. The molecule has 2 N–H and O–H groups in total. The minimum atomic E-state index is -3.73. The third-order valence-corrected chi connectivity index (χ3v) is 22.6. The lowest BCUT2D eigenvalue weighted by Gasteiger charge is -2.52. The quantitative estimate of drug-likeness (QED) is 0.0320. The van der Waals surface area contributed by atoms with E-state index in [2.05, 4.69) is 120 Å². The Balaban J connectivity index is 0.000000268. The van der Waals surface area contributed by atoms with Crippen molar-refractivity contribution in [2.24, 2.45) is 4.74 Å². The van der Waals surface area contributed by atoms with Crippen LogP contribution in [-0.2, 0) is 71.3 Å². The standard InChI is InChI=1S/C22H30Br2NO6PS.C19H22Br2NO3P.C15H14Br2O2.C6H15O3P/c1-5-28-32(29-6-2,30-7-3)25-16-22(17-31-33(4,26)27,18-10-8-12-20(23)14-18)19-11-9-13-21(24)15-19;1-3-24-26(23,25-4-2)22-13-19(14-22,15-7-5-9-17(20)11-15)16-8-6-10-18(21)12-16;16-13-5-1-3-11(7-13)15(9-18,10-19)12-4-2-6-14(17)8-12;1-4-7-10(8-5-2)9-6-3/h8-15H,5-7,16-17H2,1-4H3;5-12H,3-4,13-14H2,1-2H3;1-8,18-19H,9-10H2;4-6H2,1-3H3. The Hall–Kier alpha value is -1.44. The summed E-state index contributed by atoms with van der Waals surface area (Å²) in [6.45, 7) is 19.5. The molecule has 0 atom stereocenters. The molecule has 0 aliphatic carbocycles. The molecule has 7 rings (SSSR count). The van der Waals surface area contributed by atoms with Gasteiger partial charge in [0, 0.05) is 45.3 Å². The molecule has 88 heavy (non-hydrogen) atoms. The van der Waals surface area contributed by atoms with Gasteiger partial charge in [0.25, 0.3) is 10.1 Å². The van der Waals surface area contributed by atoms with Crippen LogP contribution in [0.25, 0.3) is 0 Å². The van der Waals surface area contributed by atoms with Crippen LogP contribution in [0, 0.1) is 0 Å². The molecular formula is C62H81Br6N2O14P3S. The van der Waals surface area contributed by atoms with Gasteiger partial charge in [-0.1, -0.05) is 168 Å². The fraction of sp³-hybridized carbons (Fsp3) is 0.419. The van der Waals surface area contributed by atoms with Gasteiger partial charge in [-0.3, -0.25) is 13.2 Å². The minimum absolute atomic E-state index is 0.114. The summed E-state index contributed by atoms with van der Waals surface area (Å²) in [6.07, 6.45) is 1.04. The topological polar surface area (TPSA) is 190 Å². The average molecular weight is 1680 g/mol. The molecule has 26 heteroatoms. The highest BCUT2D eigenvalue weighted by Gasteiger charge is 2.53. The molecule has 0 saturated carbocycles. The van der Waals surface area contributed by atoms with E-state index in [1.54, 1.807) is 0 Å². The van der Waals surface area contributed by atoms with E-state index in [-0.39, 0.29) is 31.8 Å². The molecule has 0 amide bonds. The van der Waals surface area contributed by atoms with E-state index in [9.17, 15) is 23.2 Å². The number of rotatable bonds is 30. The summed E-state index contributed by atoms with van der Waals surface area (Å²) >= 11 is 21.1. The summed E-state index contributed by atoms with van der Waals surface area (Å²) in [6, 6.07) is 47.2. The maximum Gasteiger partial charge on any atom is 0.408 e. The molecule has 16 nitrogen and oxygen atoms in total. The maximum absolute atomic E-state index is 13.1. The van der Waals surface area contributed by atoms with Crippen LogP contribution in [-0.4, -0.2) is 122 Å². The molecule has 6 aromatic rings. The third kappa shape index (κ3) is 23.2. The Labute approximate surface area is 573 Å². The van der Waals surface area contributed by atoms with Gasteiger partial charge < -0.3 is 37.4 Å². The smallest absolute Gasteiger partial charge is 0.395 e. The van der Waals surface area contributed by atoms with Crippen LogP contribution in [0.1, 0.15) is 88.8 Å². The lowest BCUT2D eigenvalue weighted by molar-refractivity contribution is 0.101. The van der Waals surface area contributed by atoms with Gasteiger partial charge in [0.05, 0.1) is 96.3 Å². The summed E-state index contributed by atoms with van der Waals surface area (Å²) in [5.41, 5.74) is 3.75. The molecule has 1 saturated heterocycles. The molecule has 1 aliphatic rings. The van der Waals surface area contributed by atoms with Crippen molar-refractivity contribution in [3.8, 4) is 0 Å². The Morgan fingerprint density at radius 1 is 0.500 bits per heavy atom. The first-order valence-electron chi connectivity index (χ1n) is 28.5. The highest BCUT2D eigenvalue weighted by molar-refractivity contribution is 9.11. The lowest BCUT2D eigenvalue weighted by Crippen LogP contribution is -2.58. The Kier molecular flexibility index (Phi) is 35.4. The molecule has 1 heterocycles. The minimum Gasteiger partial charge on any atom is -0.395 e. The normalized spacial score (nSPS) is 13.5. The predicted octanol–water partition coefficient (Wildman–Crippen LogP) is 18.3. The second-order valence-electron chi connectivity index (χ2n) is 19.2. The maximum atomic E-state index is 13.1. The zero-order valence-electron chi connectivity index (χ0n) is 51.0. The van der Waals surface area contributed by atoms with Crippen LogP contribution in [0.3, 0.4) is 0 Å². The van der Waals surface area contributed by atoms with Crippen molar-refractivity contribution in [3.05, 3.63) is 206 Å². The summed E-state index contributed by atoms with van der Waals surface area (Å²) in [5, 5.41) is 19.7. The average Bonchev–Trinajstić information content (AvgIpc) is 0.888. The van der Waals surface area contributed by atoms with Crippen LogP contribution >= 0.6 is 120 Å². The molecule has 0 aromatic heterocycles. The van der Waals surface area contributed by atoms with Crippen molar-refractivity contribution in [2.45, 2.75) is 71.6 Å². The first kappa shape index (κ1) is 79.0. The van der Waals surface area contributed by atoms with Gasteiger partial charge >= 0.3 is 24.1 Å². The summed E-state index contributed by atoms with van der Waals surface area (Å²) in [5.74, 6) is 0. The highest BCUT2D eigenvalue weighted by atomic mass is 79.9. The first-order chi connectivity index (χ1) is 42.0. The van der Waals surface area contributed by atoms with E-state index in [1.165, 1.54) is 11.1 Å². The molecular weight excluding hydrogens is 1600 g/mol. The van der Waals surface area contributed by atoms with Crippen molar-refractivity contribution < 1.29 is 63.6 Å². The van der Waals surface area contributed by atoms with Gasteiger partial charge in [-0.2, -0.15) is 8.42 Å². The van der Waals surface area contributed by atoms with Crippen LogP contribution in [0.4, 0.5) is 0 Å². The molecule has 1 aliphatic heterocycles. The van der Waals surface area contributed by atoms with Crippen molar-refractivity contribution in [1.82, 2.24) is 4.67 Å². The number of hydrogen-bond donors (Lipinski definition) is 2. The van der Waals surface area contributed by atoms with Crippen molar-refractivity contribution >= 4 is 130 Å². The fourth-order valence-corrected chi connectivity index (χ4v) is 16.6. The van der Waals surface area contributed by atoms with Crippen LogP contribution in [0.15, 0.2) is 177 Å². The molecule has 0 radical (unpaired) electrons. The van der Waals surface area contributed by atoms with Crippen molar-refractivity contribution in [1.29, 1.82) is 0 Å². The predicted molar refractivity (Wildman–Crippen MR) is 375 cm³/mol. The lowest BCUT2D eigenvalue weighted by atomic mass is 9.70. The molecule has 486 valence electrons. The van der Waals surface area contributed by atoms with E-state index >= 15 is 0 Å². The number of hydrogen-bond acceptors (Lipinski definition) is 15. The number of aliphatic hydroxyl groups is 2. The molecule has 0 bridgehead atoms. The zero-order valence-corrected chi connectivity index (χ0v) is 64.0. The van der Waals surface area contributed by atoms with Crippen molar-refractivity contribution in [2.75, 3.05) is 98.6 Å². The van der Waals surface area contributed by atoms with Gasteiger partial charge in [0.2, 0.25) is 0 Å². The summed E-state index contributed by atoms with van der Waals surface area (Å²) < 4.78 is 99.1. The Morgan fingerprint density at radius 3 is 1.10 bits per heavy atom. The first-order valence-corrected chi connectivity index (χ1v) is 39.1. The number of aliphatic hydroxyl groups excluding tert-OH is 2. The number of halogens is 6.